The fourth-order valence-electron chi connectivity index (χ4n) is 0.976. The van der Waals surface area contributed by atoms with Gasteiger partial charge in [0, 0.05) is 20.8 Å². The van der Waals surface area contributed by atoms with E-state index in [-0.39, 0.29) is 15.1 Å². The summed E-state index contributed by atoms with van der Waals surface area (Å²) in [7, 11) is -2.09. The Balaban J connectivity index is 3.20. The molecule has 0 heterocycles. The minimum absolute atomic E-state index is 0.117. The van der Waals surface area contributed by atoms with Crippen molar-refractivity contribution >= 4 is 51.4 Å². The smallest absolute Gasteiger partial charge is 0.262 e. The summed E-state index contributed by atoms with van der Waals surface area (Å²) in [4.78, 5) is -0.117. The molecule has 16 heavy (non-hydrogen) atoms. The first-order valence-electron chi connectivity index (χ1n) is 3.81. The van der Waals surface area contributed by atoms with Crippen LogP contribution in [0.1, 0.15) is 0 Å². The van der Waals surface area contributed by atoms with E-state index in [1.54, 1.807) is 0 Å². The lowest BCUT2D eigenvalue weighted by atomic mass is 10.3. The molecule has 90 valence electrons. The van der Waals surface area contributed by atoms with Crippen LogP contribution in [-0.4, -0.2) is 23.1 Å². The van der Waals surface area contributed by atoms with Crippen LogP contribution in [0.15, 0.2) is 27.6 Å². The van der Waals surface area contributed by atoms with Gasteiger partial charge < -0.3 is 0 Å². The zero-order valence-electron chi connectivity index (χ0n) is 7.94. The molecule has 0 aliphatic heterocycles. The van der Waals surface area contributed by atoms with E-state index in [0.717, 1.165) is 6.26 Å². The molecule has 0 atom stereocenters. The first-order valence-corrected chi connectivity index (χ1v) is 8.81. The van der Waals surface area contributed by atoms with Gasteiger partial charge in [-0.25, -0.2) is 16.8 Å². The summed E-state index contributed by atoms with van der Waals surface area (Å²) >= 11 is 2.99. The molecule has 9 heteroatoms. The molecule has 0 unspecified atom stereocenters. The molecule has 0 spiro atoms. The molecule has 0 bridgehead atoms. The molecule has 0 aliphatic carbocycles. The zero-order valence-corrected chi connectivity index (χ0v) is 11.9. The van der Waals surface area contributed by atoms with Crippen LogP contribution in [-0.2, 0) is 19.1 Å². The summed E-state index contributed by atoms with van der Waals surface area (Å²) in [5.74, 6) is 0. The Hall–Kier alpha value is -0.310. The van der Waals surface area contributed by atoms with Crippen LogP contribution in [0.25, 0.3) is 0 Å². The standard InChI is InChI=1S/C7H7BrClNO4S2/c1-15(11,12)10-5-2-3-7(6(8)4-5)16(9,13)14/h2-4,10H,1H3. The number of nitrogens with one attached hydrogen (secondary N) is 1. The predicted molar refractivity (Wildman–Crippen MR) is 65.6 cm³/mol. The van der Waals surface area contributed by atoms with Crippen LogP contribution < -0.4 is 4.72 Å². The van der Waals surface area contributed by atoms with E-state index in [1.165, 1.54) is 18.2 Å². The monoisotopic (exact) mass is 347 g/mol. The summed E-state index contributed by atoms with van der Waals surface area (Å²) in [5, 5.41) is 0. The zero-order chi connectivity index (χ0) is 12.6. The summed E-state index contributed by atoms with van der Waals surface area (Å²) in [6, 6.07) is 3.83. The summed E-state index contributed by atoms with van der Waals surface area (Å²) in [6.07, 6.45) is 0.993. The van der Waals surface area contributed by atoms with Gasteiger partial charge in [-0.2, -0.15) is 0 Å². The van der Waals surface area contributed by atoms with Crippen LogP contribution in [0.2, 0.25) is 0 Å². The van der Waals surface area contributed by atoms with Crippen molar-refractivity contribution in [2.24, 2.45) is 0 Å². The second-order valence-corrected chi connectivity index (χ2v) is 8.09. The van der Waals surface area contributed by atoms with Crippen molar-refractivity contribution in [2.45, 2.75) is 4.90 Å². The quantitative estimate of drug-likeness (QED) is 0.844. The van der Waals surface area contributed by atoms with Crippen LogP contribution in [0.3, 0.4) is 0 Å². The van der Waals surface area contributed by atoms with E-state index in [9.17, 15) is 16.8 Å². The molecule has 0 saturated heterocycles. The summed E-state index contributed by atoms with van der Waals surface area (Å²) < 4.78 is 46.3. The first-order chi connectivity index (χ1) is 7.09. The normalized spacial score (nSPS) is 12.4. The topological polar surface area (TPSA) is 80.3 Å². The van der Waals surface area contributed by atoms with Gasteiger partial charge in [-0.3, -0.25) is 4.72 Å². The van der Waals surface area contributed by atoms with Gasteiger partial charge in [-0.15, -0.1) is 0 Å². The molecular formula is C7H7BrClNO4S2. The molecular weight excluding hydrogens is 342 g/mol. The minimum Gasteiger partial charge on any atom is -0.284 e. The van der Waals surface area contributed by atoms with Crippen LogP contribution in [0.4, 0.5) is 5.69 Å². The second-order valence-electron chi connectivity index (χ2n) is 2.96. The molecule has 0 saturated carbocycles. The maximum Gasteiger partial charge on any atom is 0.262 e. The van der Waals surface area contributed by atoms with Crippen LogP contribution in [0, 0.1) is 0 Å². The Morgan fingerprint density at radius 2 is 1.81 bits per heavy atom. The third-order valence-corrected chi connectivity index (χ3v) is 4.40. The van der Waals surface area contributed by atoms with Gasteiger partial charge >= 0.3 is 0 Å². The van der Waals surface area contributed by atoms with Crippen molar-refractivity contribution < 1.29 is 16.8 Å². The number of sulfonamides is 1. The summed E-state index contributed by atoms with van der Waals surface area (Å²) in [6.45, 7) is 0. The lowest BCUT2D eigenvalue weighted by Crippen LogP contribution is -2.09. The SMILES string of the molecule is CS(=O)(=O)Nc1ccc(S(=O)(=O)Cl)c(Br)c1. The molecule has 1 rings (SSSR count). The highest BCUT2D eigenvalue weighted by molar-refractivity contribution is 9.10. The average molecular weight is 349 g/mol. The summed E-state index contributed by atoms with van der Waals surface area (Å²) in [5.41, 5.74) is 0.249. The Morgan fingerprint density at radius 1 is 1.25 bits per heavy atom. The fraction of sp³-hybridized carbons (Fsp3) is 0.143. The van der Waals surface area contributed by atoms with E-state index in [1.807, 2.05) is 0 Å². The second kappa shape index (κ2) is 4.52. The van der Waals surface area contributed by atoms with Gasteiger partial charge in [0.1, 0.15) is 0 Å². The highest BCUT2D eigenvalue weighted by Crippen LogP contribution is 2.28. The molecule has 0 aliphatic rings. The van der Waals surface area contributed by atoms with Gasteiger partial charge in [0.15, 0.2) is 0 Å². The Morgan fingerprint density at radius 3 is 2.19 bits per heavy atom. The van der Waals surface area contributed by atoms with E-state index >= 15 is 0 Å². The third kappa shape index (κ3) is 3.93. The van der Waals surface area contributed by atoms with E-state index in [0.29, 0.717) is 0 Å². The van der Waals surface area contributed by atoms with Crippen LogP contribution in [0.5, 0.6) is 0 Å². The first kappa shape index (κ1) is 13.8. The van der Waals surface area contributed by atoms with Crippen molar-refractivity contribution in [3.05, 3.63) is 22.7 Å². The highest BCUT2D eigenvalue weighted by atomic mass is 79.9. The molecule has 1 aromatic rings. The molecule has 0 amide bonds. The van der Waals surface area contributed by atoms with Crippen LogP contribution >= 0.6 is 26.6 Å². The van der Waals surface area contributed by atoms with Gasteiger partial charge in [-0.1, -0.05) is 0 Å². The maximum absolute atomic E-state index is 11.0. The number of anilines is 1. The largest absolute Gasteiger partial charge is 0.284 e. The lowest BCUT2D eigenvalue weighted by molar-refractivity contribution is 0.606. The Kier molecular flexibility index (Phi) is 3.88. The van der Waals surface area contributed by atoms with Crippen molar-refractivity contribution in [3.63, 3.8) is 0 Å². The lowest BCUT2D eigenvalue weighted by Gasteiger charge is -2.06. The van der Waals surface area contributed by atoms with Gasteiger partial charge in [0.2, 0.25) is 10.0 Å². The van der Waals surface area contributed by atoms with Crippen molar-refractivity contribution in [2.75, 3.05) is 11.0 Å². The number of hydrogen-bond donors (Lipinski definition) is 1. The molecule has 1 aromatic carbocycles. The third-order valence-electron chi connectivity index (χ3n) is 1.50. The fourth-order valence-corrected chi connectivity index (χ4v) is 3.76. The number of rotatable bonds is 3. The Labute approximate surface area is 106 Å². The number of halogens is 2. The highest BCUT2D eigenvalue weighted by Gasteiger charge is 2.15. The molecule has 0 aromatic heterocycles. The van der Waals surface area contributed by atoms with Gasteiger partial charge in [-0.05, 0) is 34.1 Å². The molecule has 0 fully saturated rings. The Bertz CT molecular complexity index is 611. The van der Waals surface area contributed by atoms with Crippen molar-refractivity contribution in [1.29, 1.82) is 0 Å². The van der Waals surface area contributed by atoms with E-state index in [2.05, 4.69) is 20.7 Å². The maximum atomic E-state index is 11.0. The average Bonchev–Trinajstić information content (AvgIpc) is 1.97. The molecule has 0 radical (unpaired) electrons. The molecule has 5 nitrogen and oxygen atoms in total. The van der Waals surface area contributed by atoms with Crippen molar-refractivity contribution in [1.82, 2.24) is 0 Å². The van der Waals surface area contributed by atoms with Gasteiger partial charge in [0.05, 0.1) is 11.2 Å². The van der Waals surface area contributed by atoms with E-state index in [4.69, 9.17) is 10.7 Å². The van der Waals surface area contributed by atoms with Gasteiger partial charge in [0.25, 0.3) is 9.05 Å². The molecule has 1 N–H and O–H groups in total. The van der Waals surface area contributed by atoms with E-state index < -0.39 is 19.1 Å². The number of benzene rings is 1. The van der Waals surface area contributed by atoms with Crippen molar-refractivity contribution in [3.8, 4) is 0 Å². The number of hydrogen-bond acceptors (Lipinski definition) is 4. The predicted octanol–water partition coefficient (Wildman–Crippen LogP) is 1.75. The minimum atomic E-state index is -3.85.